The van der Waals surface area contributed by atoms with Gasteiger partial charge in [-0.3, -0.25) is 4.79 Å². The van der Waals surface area contributed by atoms with Crippen molar-refractivity contribution in [3.05, 3.63) is 24.2 Å². The highest BCUT2D eigenvalue weighted by Crippen LogP contribution is 2.03. The van der Waals surface area contributed by atoms with Gasteiger partial charge in [0.05, 0.1) is 19.9 Å². The van der Waals surface area contributed by atoms with Gasteiger partial charge in [-0.2, -0.15) is 0 Å². The van der Waals surface area contributed by atoms with Crippen LogP contribution in [0.25, 0.3) is 0 Å². The number of hydrogen-bond donors (Lipinski definition) is 0. The van der Waals surface area contributed by atoms with Crippen molar-refractivity contribution in [3.8, 4) is 0 Å². The zero-order valence-corrected chi connectivity index (χ0v) is 8.02. The monoisotopic (exact) mass is 197 g/mol. The molecule has 0 bridgehead atoms. The van der Waals surface area contributed by atoms with E-state index in [1.54, 1.807) is 12.1 Å². The third kappa shape index (κ3) is 2.35. The highest BCUT2D eigenvalue weighted by molar-refractivity contribution is 6.32. The van der Waals surface area contributed by atoms with Gasteiger partial charge in [-0.05, 0) is 12.1 Å². The van der Waals surface area contributed by atoms with E-state index in [4.69, 9.17) is 4.42 Å². The number of carbonyl (C=O) groups is 2. The fourth-order valence-corrected chi connectivity index (χ4v) is 0.951. The number of ether oxygens (including phenoxy) is 1. The normalized spacial score (nSPS) is 9.57. The number of methoxy groups -OCH3 is 1. The number of amides is 1. The molecule has 1 aromatic heterocycles. The van der Waals surface area contributed by atoms with Crippen LogP contribution in [0, 0.1) is 0 Å². The molecule has 5 heteroatoms. The number of hydrogen-bond acceptors (Lipinski definition) is 4. The molecule has 0 spiro atoms. The summed E-state index contributed by atoms with van der Waals surface area (Å²) in [7, 11) is 2.67. The minimum atomic E-state index is -0.876. The number of esters is 1. The highest BCUT2D eigenvalue weighted by atomic mass is 16.5. The van der Waals surface area contributed by atoms with Crippen LogP contribution in [0.15, 0.2) is 22.8 Å². The quantitative estimate of drug-likeness (QED) is 0.509. The Labute approximate surface area is 81.2 Å². The zero-order valence-electron chi connectivity index (χ0n) is 8.02. The van der Waals surface area contributed by atoms with Gasteiger partial charge in [0.2, 0.25) is 0 Å². The van der Waals surface area contributed by atoms with Gasteiger partial charge in [-0.1, -0.05) is 0 Å². The van der Waals surface area contributed by atoms with Crippen LogP contribution in [-0.2, 0) is 20.9 Å². The molecule has 76 valence electrons. The fraction of sp³-hybridized carbons (Fsp3) is 0.333. The Morgan fingerprint density at radius 3 is 2.79 bits per heavy atom. The molecule has 5 nitrogen and oxygen atoms in total. The van der Waals surface area contributed by atoms with Crippen LogP contribution in [0.4, 0.5) is 0 Å². The molecule has 0 atom stereocenters. The third-order valence-corrected chi connectivity index (χ3v) is 1.68. The molecule has 0 unspecified atom stereocenters. The van der Waals surface area contributed by atoms with E-state index < -0.39 is 11.9 Å². The maximum atomic E-state index is 11.2. The summed E-state index contributed by atoms with van der Waals surface area (Å²) in [5.41, 5.74) is 0. The van der Waals surface area contributed by atoms with E-state index in [1.165, 1.54) is 25.3 Å². The van der Waals surface area contributed by atoms with E-state index in [2.05, 4.69) is 4.74 Å². The molecule has 14 heavy (non-hydrogen) atoms. The molecule has 0 saturated carbocycles. The number of nitrogens with zero attached hydrogens (tertiary/aromatic N) is 1. The second-order valence-corrected chi connectivity index (χ2v) is 2.73. The summed E-state index contributed by atoms with van der Waals surface area (Å²) in [6.07, 6.45) is 1.51. The van der Waals surface area contributed by atoms with E-state index in [1.807, 2.05) is 0 Å². The maximum Gasteiger partial charge on any atom is 0.396 e. The lowest BCUT2D eigenvalue weighted by Gasteiger charge is -2.13. The number of furan rings is 1. The smallest absolute Gasteiger partial charge is 0.396 e. The van der Waals surface area contributed by atoms with Gasteiger partial charge in [0.15, 0.2) is 0 Å². The standard InChI is InChI=1S/C9H11NO4/c1-10(8(11)9(12)13-2)6-7-4-3-5-14-7/h3-5H,6H2,1-2H3. The zero-order chi connectivity index (χ0) is 10.6. The molecular weight excluding hydrogens is 186 g/mol. The van der Waals surface area contributed by atoms with Gasteiger partial charge in [-0.15, -0.1) is 0 Å². The highest BCUT2D eigenvalue weighted by Gasteiger charge is 2.19. The van der Waals surface area contributed by atoms with E-state index in [0.29, 0.717) is 5.76 Å². The van der Waals surface area contributed by atoms with Crippen LogP contribution in [-0.4, -0.2) is 30.9 Å². The molecule has 1 heterocycles. The van der Waals surface area contributed by atoms with Gasteiger partial charge >= 0.3 is 11.9 Å². The summed E-state index contributed by atoms with van der Waals surface area (Å²) in [6, 6.07) is 3.44. The summed E-state index contributed by atoms with van der Waals surface area (Å²) in [5.74, 6) is -0.951. The van der Waals surface area contributed by atoms with Crippen molar-refractivity contribution >= 4 is 11.9 Å². The van der Waals surface area contributed by atoms with Gasteiger partial charge in [-0.25, -0.2) is 4.79 Å². The van der Waals surface area contributed by atoms with Crippen molar-refractivity contribution in [2.45, 2.75) is 6.54 Å². The van der Waals surface area contributed by atoms with Gasteiger partial charge in [0.25, 0.3) is 0 Å². The average Bonchev–Trinajstić information content (AvgIpc) is 2.68. The van der Waals surface area contributed by atoms with Crippen molar-refractivity contribution in [2.75, 3.05) is 14.2 Å². The predicted octanol–water partition coefficient (Wildman–Crippen LogP) is 0.411. The number of carbonyl (C=O) groups excluding carboxylic acids is 2. The Morgan fingerprint density at radius 1 is 1.57 bits per heavy atom. The lowest BCUT2D eigenvalue weighted by molar-refractivity contribution is -0.157. The Balaban J connectivity index is 2.54. The summed E-state index contributed by atoms with van der Waals surface area (Å²) >= 11 is 0. The third-order valence-electron chi connectivity index (χ3n) is 1.68. The van der Waals surface area contributed by atoms with Crippen LogP contribution < -0.4 is 0 Å². The first-order chi connectivity index (χ1) is 6.65. The van der Waals surface area contributed by atoms with Crippen molar-refractivity contribution in [3.63, 3.8) is 0 Å². The van der Waals surface area contributed by atoms with Crippen LogP contribution >= 0.6 is 0 Å². The lowest BCUT2D eigenvalue weighted by Crippen LogP contribution is -2.33. The van der Waals surface area contributed by atoms with Crippen molar-refractivity contribution < 1.29 is 18.7 Å². The van der Waals surface area contributed by atoms with Crippen LogP contribution in [0.1, 0.15) is 5.76 Å². The van der Waals surface area contributed by atoms with E-state index in [9.17, 15) is 9.59 Å². The molecule has 1 rings (SSSR count). The van der Waals surface area contributed by atoms with Crippen LogP contribution in [0.5, 0.6) is 0 Å². The van der Waals surface area contributed by atoms with Crippen LogP contribution in [0.3, 0.4) is 0 Å². The van der Waals surface area contributed by atoms with Gasteiger partial charge in [0.1, 0.15) is 5.76 Å². The van der Waals surface area contributed by atoms with E-state index >= 15 is 0 Å². The minimum absolute atomic E-state index is 0.251. The molecule has 0 N–H and O–H groups in total. The Hall–Kier alpha value is -1.78. The Bertz CT molecular complexity index is 318. The SMILES string of the molecule is COC(=O)C(=O)N(C)Cc1ccco1. The molecule has 1 amide bonds. The molecule has 0 fully saturated rings. The largest absolute Gasteiger partial charge is 0.467 e. The second-order valence-electron chi connectivity index (χ2n) is 2.73. The molecule has 0 aliphatic heterocycles. The lowest BCUT2D eigenvalue weighted by atomic mass is 10.4. The van der Waals surface area contributed by atoms with Gasteiger partial charge in [0, 0.05) is 7.05 Å². The first-order valence-corrected chi connectivity index (χ1v) is 4.01. The molecule has 0 aliphatic rings. The summed E-state index contributed by atoms with van der Waals surface area (Å²) < 4.78 is 9.31. The topological polar surface area (TPSA) is 59.8 Å². The average molecular weight is 197 g/mol. The van der Waals surface area contributed by atoms with Crippen molar-refractivity contribution in [1.82, 2.24) is 4.90 Å². The van der Waals surface area contributed by atoms with Crippen molar-refractivity contribution in [2.24, 2.45) is 0 Å². The molecular formula is C9H11NO4. The Morgan fingerprint density at radius 2 is 2.29 bits per heavy atom. The second kappa shape index (κ2) is 4.45. The molecule has 0 aliphatic carbocycles. The Kier molecular flexibility index (Phi) is 3.28. The molecule has 0 aromatic carbocycles. The fourth-order valence-electron chi connectivity index (χ4n) is 0.951. The summed E-state index contributed by atoms with van der Waals surface area (Å²) in [4.78, 5) is 23.3. The van der Waals surface area contributed by atoms with Crippen LogP contribution in [0.2, 0.25) is 0 Å². The minimum Gasteiger partial charge on any atom is -0.467 e. The van der Waals surface area contributed by atoms with E-state index in [-0.39, 0.29) is 6.54 Å². The summed E-state index contributed by atoms with van der Waals surface area (Å²) in [6.45, 7) is 0.251. The number of likely N-dealkylation sites (N-methyl/N-ethyl adjacent to an activating group) is 1. The molecule has 0 radical (unpaired) electrons. The molecule has 1 aromatic rings. The summed E-state index contributed by atoms with van der Waals surface area (Å²) in [5, 5.41) is 0. The maximum absolute atomic E-state index is 11.2. The first-order valence-electron chi connectivity index (χ1n) is 4.01. The molecule has 0 saturated heterocycles. The van der Waals surface area contributed by atoms with Gasteiger partial charge < -0.3 is 14.1 Å². The number of rotatable bonds is 2. The van der Waals surface area contributed by atoms with Crippen molar-refractivity contribution in [1.29, 1.82) is 0 Å². The first kappa shape index (κ1) is 10.3. The van der Waals surface area contributed by atoms with E-state index in [0.717, 1.165) is 0 Å². The predicted molar refractivity (Wildman–Crippen MR) is 47.2 cm³/mol.